The van der Waals surface area contributed by atoms with Crippen molar-refractivity contribution in [2.24, 2.45) is 0 Å². The Morgan fingerprint density at radius 3 is 2.33 bits per heavy atom. The van der Waals surface area contributed by atoms with Gasteiger partial charge in [-0.25, -0.2) is 13.5 Å². The van der Waals surface area contributed by atoms with E-state index < -0.39 is 11.6 Å². The van der Waals surface area contributed by atoms with E-state index in [0.717, 1.165) is 28.6 Å². The molecule has 0 N–H and O–H groups in total. The van der Waals surface area contributed by atoms with Crippen LogP contribution in [0.3, 0.4) is 0 Å². The van der Waals surface area contributed by atoms with Crippen LogP contribution < -0.4 is 0 Å². The minimum absolute atomic E-state index is 0.337. The van der Waals surface area contributed by atoms with Crippen molar-refractivity contribution in [1.29, 1.82) is 0 Å². The molecule has 132 valence electrons. The molecule has 0 saturated heterocycles. The van der Waals surface area contributed by atoms with Crippen LogP contribution in [0.25, 0.3) is 29.1 Å². The van der Waals surface area contributed by atoms with Gasteiger partial charge in [-0.1, -0.05) is 59.8 Å². The van der Waals surface area contributed by atoms with Gasteiger partial charge >= 0.3 is 0 Å². The van der Waals surface area contributed by atoms with Gasteiger partial charge in [0.25, 0.3) is 0 Å². The minimum Gasteiger partial charge on any atom is -0.220 e. The van der Waals surface area contributed by atoms with Gasteiger partial charge in [0.15, 0.2) is 0 Å². The second-order valence-corrected chi connectivity index (χ2v) is 6.01. The average molecular weight is 359 g/mol. The van der Waals surface area contributed by atoms with Crippen molar-refractivity contribution in [3.63, 3.8) is 0 Å². The van der Waals surface area contributed by atoms with Gasteiger partial charge in [0.1, 0.15) is 17.3 Å². The molecule has 27 heavy (non-hydrogen) atoms. The molecule has 0 aliphatic rings. The first-order chi connectivity index (χ1) is 13.2. The third kappa shape index (κ3) is 3.82. The number of aromatic nitrogens is 3. The second-order valence-electron chi connectivity index (χ2n) is 6.01. The molecule has 0 spiro atoms. The van der Waals surface area contributed by atoms with Crippen LogP contribution in [0.4, 0.5) is 8.78 Å². The van der Waals surface area contributed by atoms with Crippen LogP contribution in [0, 0.1) is 11.6 Å². The highest BCUT2D eigenvalue weighted by Crippen LogP contribution is 2.18. The zero-order valence-corrected chi connectivity index (χ0v) is 14.3. The van der Waals surface area contributed by atoms with Gasteiger partial charge in [0.05, 0.1) is 11.9 Å². The summed E-state index contributed by atoms with van der Waals surface area (Å²) in [5.41, 5.74) is 3.90. The molecule has 0 saturated carbocycles. The van der Waals surface area contributed by atoms with Crippen molar-refractivity contribution >= 4 is 12.2 Å². The summed E-state index contributed by atoms with van der Waals surface area (Å²) < 4.78 is 28.3. The molecule has 4 rings (SSSR count). The van der Waals surface area contributed by atoms with Crippen molar-refractivity contribution in [1.82, 2.24) is 15.0 Å². The van der Waals surface area contributed by atoms with Crippen LogP contribution in [-0.2, 0) is 0 Å². The Labute approximate surface area is 155 Å². The number of halogens is 2. The normalized spacial score (nSPS) is 11.2. The lowest BCUT2D eigenvalue weighted by atomic mass is 10.1. The lowest BCUT2D eigenvalue weighted by molar-refractivity contribution is 0.581. The standard InChI is InChI=1S/C22H15F2N3/c23-19-11-10-17(21(24)14-19)9-6-16-7-12-20(13-8-16)27-15-22(25-26-27)18-4-2-1-3-5-18/h1-15H/b9-6+. The van der Waals surface area contributed by atoms with E-state index in [1.54, 1.807) is 16.8 Å². The van der Waals surface area contributed by atoms with E-state index in [4.69, 9.17) is 0 Å². The van der Waals surface area contributed by atoms with E-state index >= 15 is 0 Å². The molecule has 0 unspecified atom stereocenters. The molecule has 0 aliphatic heterocycles. The fourth-order valence-corrected chi connectivity index (χ4v) is 2.69. The summed E-state index contributed by atoms with van der Waals surface area (Å²) in [5.74, 6) is -1.17. The first kappa shape index (κ1) is 16.8. The molecule has 1 aromatic heterocycles. The molecule has 3 nitrogen and oxygen atoms in total. The molecule has 0 aliphatic carbocycles. The Hall–Kier alpha value is -3.60. The highest BCUT2D eigenvalue weighted by molar-refractivity contribution is 5.70. The largest absolute Gasteiger partial charge is 0.220 e. The second kappa shape index (κ2) is 7.33. The third-order valence-electron chi connectivity index (χ3n) is 4.14. The van der Waals surface area contributed by atoms with Gasteiger partial charge in [-0.2, -0.15) is 0 Å². The molecule has 0 bridgehead atoms. The Bertz CT molecular complexity index is 1080. The van der Waals surface area contributed by atoms with Gasteiger partial charge in [0, 0.05) is 17.2 Å². The zero-order valence-electron chi connectivity index (χ0n) is 14.3. The van der Waals surface area contributed by atoms with Crippen molar-refractivity contribution in [2.75, 3.05) is 0 Å². The highest BCUT2D eigenvalue weighted by atomic mass is 19.1. The third-order valence-corrected chi connectivity index (χ3v) is 4.14. The predicted molar refractivity (Wildman–Crippen MR) is 102 cm³/mol. The van der Waals surface area contributed by atoms with Gasteiger partial charge in [0.2, 0.25) is 0 Å². The molecular weight excluding hydrogens is 344 g/mol. The lowest BCUT2D eigenvalue weighted by Gasteiger charge is -2.01. The Balaban J connectivity index is 1.52. The molecule has 1 heterocycles. The molecule has 3 aromatic carbocycles. The van der Waals surface area contributed by atoms with Crippen LogP contribution >= 0.6 is 0 Å². The quantitative estimate of drug-likeness (QED) is 0.458. The topological polar surface area (TPSA) is 30.7 Å². The van der Waals surface area contributed by atoms with E-state index in [-0.39, 0.29) is 0 Å². The van der Waals surface area contributed by atoms with E-state index in [1.807, 2.05) is 60.8 Å². The maximum absolute atomic E-state index is 13.7. The van der Waals surface area contributed by atoms with Gasteiger partial charge in [-0.05, 0) is 29.8 Å². The van der Waals surface area contributed by atoms with E-state index in [2.05, 4.69) is 10.3 Å². The fourth-order valence-electron chi connectivity index (χ4n) is 2.69. The van der Waals surface area contributed by atoms with Crippen LogP contribution in [0.15, 0.2) is 79.0 Å². The van der Waals surface area contributed by atoms with Crippen LogP contribution in [0.5, 0.6) is 0 Å². The Kier molecular flexibility index (Phi) is 4.58. The number of hydrogen-bond acceptors (Lipinski definition) is 2. The van der Waals surface area contributed by atoms with Crippen LogP contribution in [0.2, 0.25) is 0 Å². The van der Waals surface area contributed by atoms with Crippen molar-refractivity contribution < 1.29 is 8.78 Å². The molecule has 5 heteroatoms. The van der Waals surface area contributed by atoms with Crippen molar-refractivity contribution in [2.45, 2.75) is 0 Å². The summed E-state index contributed by atoms with van der Waals surface area (Å²) in [5, 5.41) is 8.37. The predicted octanol–water partition coefficient (Wildman–Crippen LogP) is 5.38. The summed E-state index contributed by atoms with van der Waals surface area (Å²) in [7, 11) is 0. The minimum atomic E-state index is -0.586. The molecule has 0 radical (unpaired) electrons. The van der Waals surface area contributed by atoms with E-state index in [0.29, 0.717) is 5.56 Å². The molecule has 0 fully saturated rings. The SMILES string of the molecule is Fc1ccc(/C=C/c2ccc(-n3cc(-c4ccccc4)nn3)cc2)c(F)c1. The molecule has 0 atom stereocenters. The Morgan fingerprint density at radius 2 is 1.59 bits per heavy atom. The first-order valence-corrected chi connectivity index (χ1v) is 8.40. The highest BCUT2D eigenvalue weighted by Gasteiger charge is 2.05. The number of rotatable bonds is 4. The van der Waals surface area contributed by atoms with Gasteiger partial charge in [-0.15, -0.1) is 5.10 Å². The number of benzene rings is 3. The maximum Gasteiger partial charge on any atom is 0.133 e. The molecule has 4 aromatic rings. The first-order valence-electron chi connectivity index (χ1n) is 8.40. The number of nitrogens with zero attached hydrogens (tertiary/aromatic N) is 3. The van der Waals surface area contributed by atoms with Crippen molar-refractivity contribution in [3.05, 3.63) is 102 Å². The smallest absolute Gasteiger partial charge is 0.133 e. The average Bonchev–Trinajstić information content (AvgIpc) is 3.19. The van der Waals surface area contributed by atoms with E-state index in [1.165, 1.54) is 12.1 Å². The fraction of sp³-hybridized carbons (Fsp3) is 0. The summed E-state index contributed by atoms with van der Waals surface area (Å²) in [6.07, 6.45) is 5.26. The maximum atomic E-state index is 13.7. The van der Waals surface area contributed by atoms with Gasteiger partial charge in [-0.3, -0.25) is 0 Å². The summed E-state index contributed by atoms with van der Waals surface area (Å²) >= 11 is 0. The summed E-state index contributed by atoms with van der Waals surface area (Å²) in [6, 6.07) is 21.0. The Morgan fingerprint density at radius 1 is 0.815 bits per heavy atom. The van der Waals surface area contributed by atoms with Crippen LogP contribution in [0.1, 0.15) is 11.1 Å². The van der Waals surface area contributed by atoms with Crippen LogP contribution in [-0.4, -0.2) is 15.0 Å². The lowest BCUT2D eigenvalue weighted by Crippen LogP contribution is -1.94. The van der Waals surface area contributed by atoms with Crippen molar-refractivity contribution in [3.8, 4) is 16.9 Å². The molecular formula is C22H15F2N3. The monoisotopic (exact) mass is 359 g/mol. The summed E-state index contributed by atoms with van der Waals surface area (Å²) in [6.45, 7) is 0. The summed E-state index contributed by atoms with van der Waals surface area (Å²) in [4.78, 5) is 0. The number of hydrogen-bond donors (Lipinski definition) is 0. The van der Waals surface area contributed by atoms with E-state index in [9.17, 15) is 8.78 Å². The zero-order chi connectivity index (χ0) is 18.6. The molecule has 0 amide bonds. The van der Waals surface area contributed by atoms with Gasteiger partial charge < -0.3 is 0 Å².